The number of alkyl halides is 3. The normalized spacial score (nSPS) is 23.6. The van der Waals surface area contributed by atoms with Crippen LogP contribution < -0.4 is 5.73 Å². The molecule has 1 aliphatic carbocycles. The van der Waals surface area contributed by atoms with E-state index in [1.165, 1.54) is 6.07 Å². The molecule has 1 aromatic heterocycles. The Morgan fingerprint density at radius 2 is 1.90 bits per heavy atom. The van der Waals surface area contributed by atoms with Crippen molar-refractivity contribution >= 4 is 11.1 Å². The molecule has 0 unspecified atom stereocenters. The highest BCUT2D eigenvalue weighted by atomic mass is 19.4. The number of fused-ring (bicyclic) bond motifs is 1. The number of nitrogens with zero attached hydrogens (tertiary/aromatic N) is 1. The summed E-state index contributed by atoms with van der Waals surface area (Å²) in [5.74, 6) is 1.29. The molecule has 114 valence electrons. The van der Waals surface area contributed by atoms with Crippen LogP contribution >= 0.6 is 0 Å². The van der Waals surface area contributed by atoms with E-state index in [1.54, 1.807) is 0 Å². The van der Waals surface area contributed by atoms with Crippen molar-refractivity contribution in [3.05, 3.63) is 29.7 Å². The zero-order chi connectivity index (χ0) is 15.0. The van der Waals surface area contributed by atoms with Gasteiger partial charge in [0.15, 0.2) is 11.5 Å². The molecule has 0 saturated heterocycles. The lowest BCUT2D eigenvalue weighted by Crippen LogP contribution is -2.20. The minimum atomic E-state index is -4.35. The summed E-state index contributed by atoms with van der Waals surface area (Å²) in [7, 11) is 0. The minimum absolute atomic E-state index is 0.189. The molecule has 0 atom stereocenters. The standard InChI is InChI=1S/C15H17F3N2O/c16-15(17,18)11-5-6-13-12(7-11)20-14(21-13)10-3-1-9(8-19)2-4-10/h5-7,9-10H,1-4,8,19H2. The molecule has 6 heteroatoms. The van der Waals surface area contributed by atoms with E-state index in [4.69, 9.17) is 10.2 Å². The monoisotopic (exact) mass is 298 g/mol. The number of halogens is 3. The van der Waals surface area contributed by atoms with Crippen LogP contribution in [0.5, 0.6) is 0 Å². The number of aromatic nitrogens is 1. The summed E-state index contributed by atoms with van der Waals surface area (Å²) in [5, 5.41) is 0. The topological polar surface area (TPSA) is 52.0 Å². The van der Waals surface area contributed by atoms with E-state index in [1.807, 2.05) is 0 Å². The first-order valence-electron chi connectivity index (χ1n) is 7.15. The van der Waals surface area contributed by atoms with Crippen molar-refractivity contribution in [1.29, 1.82) is 0 Å². The van der Waals surface area contributed by atoms with Crippen molar-refractivity contribution in [2.45, 2.75) is 37.8 Å². The Morgan fingerprint density at radius 3 is 2.52 bits per heavy atom. The Kier molecular flexibility index (Phi) is 3.65. The molecule has 1 aliphatic rings. The third kappa shape index (κ3) is 2.90. The largest absolute Gasteiger partial charge is 0.440 e. The molecule has 2 N–H and O–H groups in total. The molecule has 0 radical (unpaired) electrons. The lowest BCUT2D eigenvalue weighted by molar-refractivity contribution is -0.137. The zero-order valence-corrected chi connectivity index (χ0v) is 11.5. The van der Waals surface area contributed by atoms with Crippen LogP contribution in [0.15, 0.2) is 22.6 Å². The van der Waals surface area contributed by atoms with Crippen molar-refractivity contribution < 1.29 is 17.6 Å². The van der Waals surface area contributed by atoms with Crippen molar-refractivity contribution in [2.75, 3.05) is 6.54 Å². The van der Waals surface area contributed by atoms with Crippen LogP contribution in [0.3, 0.4) is 0 Å². The summed E-state index contributed by atoms with van der Waals surface area (Å²) in [4.78, 5) is 4.26. The Hall–Kier alpha value is -1.56. The van der Waals surface area contributed by atoms with Gasteiger partial charge in [-0.15, -0.1) is 0 Å². The SMILES string of the molecule is NCC1CCC(c2nc3cc(C(F)(F)F)ccc3o2)CC1. The van der Waals surface area contributed by atoms with Gasteiger partial charge in [-0.05, 0) is 56.3 Å². The molecule has 3 nitrogen and oxygen atoms in total. The number of benzene rings is 1. The van der Waals surface area contributed by atoms with Crippen LogP contribution in [0.4, 0.5) is 13.2 Å². The van der Waals surface area contributed by atoms with Gasteiger partial charge in [-0.25, -0.2) is 4.98 Å². The molecule has 0 spiro atoms. The van der Waals surface area contributed by atoms with Crippen LogP contribution in [-0.4, -0.2) is 11.5 Å². The lowest BCUT2D eigenvalue weighted by Gasteiger charge is -2.25. The first kappa shape index (κ1) is 14.4. The fourth-order valence-electron chi connectivity index (χ4n) is 2.94. The van der Waals surface area contributed by atoms with E-state index in [-0.39, 0.29) is 11.4 Å². The highest BCUT2D eigenvalue weighted by Crippen LogP contribution is 2.37. The van der Waals surface area contributed by atoms with Crippen LogP contribution in [0.1, 0.15) is 43.1 Å². The van der Waals surface area contributed by atoms with Crippen molar-refractivity contribution in [3.8, 4) is 0 Å². The second kappa shape index (κ2) is 5.33. The predicted molar refractivity (Wildman–Crippen MR) is 72.8 cm³/mol. The molecule has 0 amide bonds. The van der Waals surface area contributed by atoms with Crippen molar-refractivity contribution in [2.24, 2.45) is 11.7 Å². The first-order valence-corrected chi connectivity index (χ1v) is 7.15. The summed E-state index contributed by atoms with van der Waals surface area (Å²) in [5.41, 5.74) is 5.66. The third-order valence-corrected chi connectivity index (χ3v) is 4.26. The van der Waals surface area contributed by atoms with Gasteiger partial charge < -0.3 is 10.2 Å². The van der Waals surface area contributed by atoms with Gasteiger partial charge in [0.1, 0.15) is 5.52 Å². The molecule has 1 saturated carbocycles. The Bertz CT molecular complexity index is 627. The number of rotatable bonds is 2. The zero-order valence-electron chi connectivity index (χ0n) is 11.5. The van der Waals surface area contributed by atoms with Crippen LogP contribution in [0.2, 0.25) is 0 Å². The summed E-state index contributed by atoms with van der Waals surface area (Å²) in [6, 6.07) is 3.43. The Balaban J connectivity index is 1.84. The second-order valence-corrected chi connectivity index (χ2v) is 5.69. The maximum absolute atomic E-state index is 12.7. The predicted octanol–water partition coefficient (Wildman–Crippen LogP) is 4.08. The van der Waals surface area contributed by atoms with Gasteiger partial charge in [0.25, 0.3) is 0 Å². The quantitative estimate of drug-likeness (QED) is 0.909. The van der Waals surface area contributed by atoms with Gasteiger partial charge in [-0.3, -0.25) is 0 Å². The van der Waals surface area contributed by atoms with E-state index >= 15 is 0 Å². The molecule has 3 rings (SSSR count). The molecule has 1 heterocycles. The van der Waals surface area contributed by atoms with Gasteiger partial charge in [0.2, 0.25) is 0 Å². The highest BCUT2D eigenvalue weighted by Gasteiger charge is 2.31. The number of oxazole rings is 1. The van der Waals surface area contributed by atoms with Gasteiger partial charge >= 0.3 is 6.18 Å². The molecule has 0 aliphatic heterocycles. The third-order valence-electron chi connectivity index (χ3n) is 4.26. The highest BCUT2D eigenvalue weighted by molar-refractivity contribution is 5.73. The van der Waals surface area contributed by atoms with E-state index in [0.29, 0.717) is 23.9 Å². The molecule has 1 fully saturated rings. The Labute approximate surface area is 120 Å². The fraction of sp³-hybridized carbons (Fsp3) is 0.533. The first-order chi connectivity index (χ1) is 9.97. The summed E-state index contributed by atoms with van der Waals surface area (Å²) in [6.07, 6.45) is -0.449. The van der Waals surface area contributed by atoms with Gasteiger partial charge in [0.05, 0.1) is 5.56 Å². The average molecular weight is 298 g/mol. The maximum atomic E-state index is 12.7. The van der Waals surface area contributed by atoms with Gasteiger partial charge in [-0.1, -0.05) is 0 Å². The second-order valence-electron chi connectivity index (χ2n) is 5.69. The average Bonchev–Trinajstić information content (AvgIpc) is 2.89. The molecule has 1 aromatic carbocycles. The van der Waals surface area contributed by atoms with E-state index < -0.39 is 11.7 Å². The fourth-order valence-corrected chi connectivity index (χ4v) is 2.94. The van der Waals surface area contributed by atoms with Crippen molar-refractivity contribution in [3.63, 3.8) is 0 Å². The number of nitrogens with two attached hydrogens (primary N) is 1. The summed E-state index contributed by atoms with van der Waals surface area (Å²) in [6.45, 7) is 0.690. The Morgan fingerprint density at radius 1 is 1.19 bits per heavy atom. The molecule has 21 heavy (non-hydrogen) atoms. The van der Waals surface area contributed by atoms with Gasteiger partial charge in [0, 0.05) is 5.92 Å². The smallest absolute Gasteiger partial charge is 0.416 e. The van der Waals surface area contributed by atoms with E-state index in [2.05, 4.69) is 4.98 Å². The number of hydrogen-bond donors (Lipinski definition) is 1. The maximum Gasteiger partial charge on any atom is 0.416 e. The van der Waals surface area contributed by atoms with Crippen LogP contribution in [0.25, 0.3) is 11.1 Å². The van der Waals surface area contributed by atoms with E-state index in [9.17, 15) is 13.2 Å². The minimum Gasteiger partial charge on any atom is -0.440 e. The molecule has 0 bridgehead atoms. The number of hydrogen-bond acceptors (Lipinski definition) is 3. The van der Waals surface area contributed by atoms with Crippen molar-refractivity contribution in [1.82, 2.24) is 4.98 Å². The van der Waals surface area contributed by atoms with Gasteiger partial charge in [-0.2, -0.15) is 13.2 Å². The molecule has 2 aromatic rings. The van der Waals surface area contributed by atoms with E-state index in [0.717, 1.165) is 37.8 Å². The summed E-state index contributed by atoms with van der Waals surface area (Å²) < 4.78 is 43.7. The lowest BCUT2D eigenvalue weighted by atomic mass is 9.82. The van der Waals surface area contributed by atoms with Crippen LogP contribution in [0, 0.1) is 5.92 Å². The van der Waals surface area contributed by atoms with Crippen LogP contribution in [-0.2, 0) is 6.18 Å². The summed E-state index contributed by atoms with van der Waals surface area (Å²) >= 11 is 0. The molecular weight excluding hydrogens is 281 g/mol. The molecular formula is C15H17F3N2O.